The summed E-state index contributed by atoms with van der Waals surface area (Å²) >= 11 is 0. The maximum Gasteiger partial charge on any atom is 0.339 e. The quantitative estimate of drug-likeness (QED) is 0.942. The molecule has 0 radical (unpaired) electrons. The molecule has 0 aliphatic rings. The maximum atomic E-state index is 13.5. The Morgan fingerprint density at radius 2 is 1.95 bits per heavy atom. The molecule has 0 unspecified atom stereocenters. The SMILES string of the molecule is Cc1ccc(C(=O)N(C)Cc2cc(C(=O)O)c(C)o2)cc1F. The van der Waals surface area contributed by atoms with E-state index in [1.165, 1.54) is 23.1 Å². The smallest absolute Gasteiger partial charge is 0.339 e. The number of halogens is 1. The van der Waals surface area contributed by atoms with Crippen LogP contribution in [0.15, 0.2) is 28.7 Å². The molecule has 5 nitrogen and oxygen atoms in total. The average Bonchev–Trinajstić information content (AvgIpc) is 2.82. The second kappa shape index (κ2) is 6.01. The van der Waals surface area contributed by atoms with Crippen LogP contribution in [0.4, 0.5) is 4.39 Å². The summed E-state index contributed by atoms with van der Waals surface area (Å²) in [5, 5.41) is 8.97. The average molecular weight is 305 g/mol. The molecule has 0 spiro atoms. The van der Waals surface area contributed by atoms with Gasteiger partial charge in [0, 0.05) is 12.6 Å². The van der Waals surface area contributed by atoms with Crippen LogP contribution in [-0.4, -0.2) is 28.9 Å². The summed E-state index contributed by atoms with van der Waals surface area (Å²) < 4.78 is 18.8. The van der Waals surface area contributed by atoms with Crippen LogP contribution in [0, 0.1) is 19.7 Å². The van der Waals surface area contributed by atoms with Crippen LogP contribution in [0.2, 0.25) is 0 Å². The summed E-state index contributed by atoms with van der Waals surface area (Å²) in [5.74, 6) is -1.25. The van der Waals surface area contributed by atoms with Gasteiger partial charge in [0.15, 0.2) is 0 Å². The lowest BCUT2D eigenvalue weighted by molar-refractivity contribution is 0.0694. The Hall–Kier alpha value is -2.63. The van der Waals surface area contributed by atoms with E-state index in [0.717, 1.165) is 0 Å². The van der Waals surface area contributed by atoms with Crippen molar-refractivity contribution in [2.24, 2.45) is 0 Å². The first-order valence-electron chi connectivity index (χ1n) is 6.64. The minimum absolute atomic E-state index is 0.0669. The van der Waals surface area contributed by atoms with Gasteiger partial charge in [-0.05, 0) is 37.6 Å². The standard InChI is InChI=1S/C16H16FNO4/c1-9-4-5-11(6-14(9)17)15(19)18(3)8-12-7-13(16(20)21)10(2)22-12/h4-7H,8H2,1-3H3,(H,20,21). The third-order valence-electron chi connectivity index (χ3n) is 3.36. The number of carbonyl (C=O) groups is 2. The second-order valence-electron chi connectivity index (χ2n) is 5.11. The van der Waals surface area contributed by atoms with E-state index in [9.17, 15) is 14.0 Å². The van der Waals surface area contributed by atoms with Crippen molar-refractivity contribution < 1.29 is 23.5 Å². The molecule has 116 valence electrons. The molecule has 2 rings (SSSR count). The molecule has 0 aliphatic carbocycles. The Balaban J connectivity index is 2.16. The number of furan rings is 1. The third kappa shape index (κ3) is 3.16. The summed E-state index contributed by atoms with van der Waals surface area (Å²) in [6.45, 7) is 3.26. The molecule has 0 fully saturated rings. The van der Waals surface area contributed by atoms with Crippen molar-refractivity contribution in [3.63, 3.8) is 0 Å². The number of aryl methyl sites for hydroxylation is 2. The molecule has 1 N–H and O–H groups in total. The molecule has 0 atom stereocenters. The Labute approximate surface area is 127 Å². The number of carbonyl (C=O) groups excluding carboxylic acids is 1. The van der Waals surface area contributed by atoms with E-state index in [0.29, 0.717) is 11.3 Å². The zero-order valence-corrected chi connectivity index (χ0v) is 12.5. The lowest BCUT2D eigenvalue weighted by Gasteiger charge is -2.16. The number of carboxylic acid groups (broad SMARTS) is 1. The minimum Gasteiger partial charge on any atom is -0.478 e. The highest BCUT2D eigenvalue weighted by Crippen LogP contribution is 2.17. The monoisotopic (exact) mass is 305 g/mol. The van der Waals surface area contributed by atoms with Crippen molar-refractivity contribution >= 4 is 11.9 Å². The second-order valence-corrected chi connectivity index (χ2v) is 5.11. The van der Waals surface area contributed by atoms with E-state index in [1.54, 1.807) is 27.0 Å². The van der Waals surface area contributed by atoms with Crippen LogP contribution in [0.1, 0.15) is 37.8 Å². The fraction of sp³-hybridized carbons (Fsp3) is 0.250. The molecule has 1 amide bonds. The van der Waals surface area contributed by atoms with Crippen molar-refractivity contribution in [2.75, 3.05) is 7.05 Å². The Morgan fingerprint density at radius 1 is 1.27 bits per heavy atom. The van der Waals surface area contributed by atoms with E-state index < -0.39 is 11.8 Å². The summed E-state index contributed by atoms with van der Waals surface area (Å²) in [6.07, 6.45) is 0. The number of benzene rings is 1. The zero-order valence-electron chi connectivity index (χ0n) is 12.5. The highest BCUT2D eigenvalue weighted by atomic mass is 19.1. The van der Waals surface area contributed by atoms with Crippen molar-refractivity contribution in [1.82, 2.24) is 4.90 Å². The van der Waals surface area contributed by atoms with Gasteiger partial charge in [-0.3, -0.25) is 4.79 Å². The van der Waals surface area contributed by atoms with Gasteiger partial charge < -0.3 is 14.4 Å². The molecule has 0 saturated heterocycles. The zero-order chi connectivity index (χ0) is 16.4. The van der Waals surface area contributed by atoms with Crippen molar-refractivity contribution in [3.05, 3.63) is 58.3 Å². The van der Waals surface area contributed by atoms with Gasteiger partial charge >= 0.3 is 5.97 Å². The predicted octanol–water partition coefficient (Wildman–Crippen LogP) is 3.01. The highest BCUT2D eigenvalue weighted by Gasteiger charge is 2.18. The molecule has 1 aromatic heterocycles. The number of carboxylic acids is 1. The van der Waals surface area contributed by atoms with E-state index in [-0.39, 0.29) is 29.3 Å². The van der Waals surface area contributed by atoms with E-state index in [4.69, 9.17) is 9.52 Å². The number of rotatable bonds is 4. The van der Waals surface area contributed by atoms with Crippen LogP contribution >= 0.6 is 0 Å². The van der Waals surface area contributed by atoms with Crippen LogP contribution in [0.25, 0.3) is 0 Å². The van der Waals surface area contributed by atoms with Gasteiger partial charge in [0.1, 0.15) is 22.9 Å². The largest absolute Gasteiger partial charge is 0.478 e. The number of nitrogens with zero attached hydrogens (tertiary/aromatic N) is 1. The molecular formula is C16H16FNO4. The minimum atomic E-state index is -1.08. The van der Waals surface area contributed by atoms with Gasteiger partial charge in [-0.25, -0.2) is 9.18 Å². The van der Waals surface area contributed by atoms with Crippen LogP contribution in [0.5, 0.6) is 0 Å². The normalized spacial score (nSPS) is 10.5. The Morgan fingerprint density at radius 3 is 2.50 bits per heavy atom. The summed E-state index contributed by atoms with van der Waals surface area (Å²) in [6, 6.07) is 5.66. The highest BCUT2D eigenvalue weighted by molar-refractivity contribution is 5.94. The number of hydrogen-bond acceptors (Lipinski definition) is 3. The summed E-state index contributed by atoms with van der Waals surface area (Å²) in [5.41, 5.74) is 0.761. The van der Waals surface area contributed by atoms with Gasteiger partial charge in [-0.2, -0.15) is 0 Å². The first-order chi connectivity index (χ1) is 10.3. The molecule has 0 bridgehead atoms. The Bertz CT molecular complexity index is 736. The molecule has 0 saturated carbocycles. The Kier molecular flexibility index (Phi) is 4.30. The molecular weight excluding hydrogens is 289 g/mol. The van der Waals surface area contributed by atoms with Crippen molar-refractivity contribution in [1.29, 1.82) is 0 Å². The molecule has 6 heteroatoms. The maximum absolute atomic E-state index is 13.5. The fourth-order valence-electron chi connectivity index (χ4n) is 2.09. The topological polar surface area (TPSA) is 70.8 Å². The van der Waals surface area contributed by atoms with Gasteiger partial charge in [-0.1, -0.05) is 6.07 Å². The van der Waals surface area contributed by atoms with Crippen molar-refractivity contribution in [3.8, 4) is 0 Å². The molecule has 22 heavy (non-hydrogen) atoms. The predicted molar refractivity (Wildman–Crippen MR) is 77.3 cm³/mol. The first-order valence-corrected chi connectivity index (χ1v) is 6.64. The molecule has 0 aliphatic heterocycles. The van der Waals surface area contributed by atoms with Crippen LogP contribution in [0.3, 0.4) is 0 Å². The van der Waals surface area contributed by atoms with Gasteiger partial charge in [0.25, 0.3) is 5.91 Å². The van der Waals surface area contributed by atoms with E-state index in [2.05, 4.69) is 0 Å². The summed E-state index contributed by atoms with van der Waals surface area (Å²) in [4.78, 5) is 24.5. The fourth-order valence-corrected chi connectivity index (χ4v) is 2.09. The van der Waals surface area contributed by atoms with Crippen LogP contribution in [-0.2, 0) is 6.54 Å². The van der Waals surface area contributed by atoms with Gasteiger partial charge in [0.2, 0.25) is 0 Å². The van der Waals surface area contributed by atoms with Gasteiger partial charge in [0.05, 0.1) is 6.54 Å². The molecule has 1 heterocycles. The molecule has 1 aromatic carbocycles. The third-order valence-corrected chi connectivity index (χ3v) is 3.36. The van der Waals surface area contributed by atoms with Gasteiger partial charge in [-0.15, -0.1) is 0 Å². The van der Waals surface area contributed by atoms with Crippen LogP contribution < -0.4 is 0 Å². The van der Waals surface area contributed by atoms with E-state index >= 15 is 0 Å². The lowest BCUT2D eigenvalue weighted by Crippen LogP contribution is -2.26. The number of hydrogen-bond donors (Lipinski definition) is 1. The summed E-state index contributed by atoms with van der Waals surface area (Å²) in [7, 11) is 1.54. The lowest BCUT2D eigenvalue weighted by atomic mass is 10.1. The number of amides is 1. The van der Waals surface area contributed by atoms with E-state index in [1.807, 2.05) is 0 Å². The first kappa shape index (κ1) is 15.8. The number of aromatic carboxylic acids is 1. The van der Waals surface area contributed by atoms with Crippen molar-refractivity contribution in [2.45, 2.75) is 20.4 Å². The molecule has 2 aromatic rings.